The Morgan fingerprint density at radius 1 is 1.23 bits per heavy atom. The molecule has 0 bridgehead atoms. The smallest absolute Gasteiger partial charge is 0.160 e. The predicted molar refractivity (Wildman–Crippen MR) is 86.4 cm³/mol. The van der Waals surface area contributed by atoms with Gasteiger partial charge in [-0.2, -0.15) is 0 Å². The highest BCUT2D eigenvalue weighted by molar-refractivity contribution is 5.76. The van der Waals surface area contributed by atoms with E-state index in [4.69, 9.17) is 4.98 Å². The molecule has 0 radical (unpaired) electrons. The van der Waals surface area contributed by atoms with Gasteiger partial charge in [-0.15, -0.1) is 0 Å². The van der Waals surface area contributed by atoms with Crippen molar-refractivity contribution in [2.45, 2.75) is 13.0 Å². The summed E-state index contributed by atoms with van der Waals surface area (Å²) in [5.41, 5.74) is 2.97. The number of fused-ring (bicyclic) bond motifs is 1. The summed E-state index contributed by atoms with van der Waals surface area (Å²) in [5, 5.41) is 0. The van der Waals surface area contributed by atoms with E-state index >= 15 is 0 Å². The molecule has 1 saturated heterocycles. The topological polar surface area (TPSA) is 46.8 Å². The lowest BCUT2D eigenvalue weighted by Crippen LogP contribution is -2.17. The number of aromatic nitrogens is 4. The third kappa shape index (κ3) is 2.37. The fourth-order valence-corrected chi connectivity index (χ4v) is 3.28. The zero-order valence-corrected chi connectivity index (χ0v) is 12.7. The second-order valence-electron chi connectivity index (χ2n) is 6.05. The molecule has 1 atom stereocenters. The Morgan fingerprint density at radius 3 is 2.91 bits per heavy atom. The van der Waals surface area contributed by atoms with E-state index in [2.05, 4.69) is 32.5 Å². The second kappa shape index (κ2) is 5.50. The first kappa shape index (κ1) is 13.4. The fraction of sp³-hybridized carbons (Fsp3) is 0.353. The molecule has 22 heavy (non-hydrogen) atoms. The van der Waals surface area contributed by atoms with Crippen molar-refractivity contribution in [3.8, 4) is 11.4 Å². The van der Waals surface area contributed by atoms with Gasteiger partial charge in [-0.25, -0.2) is 9.97 Å². The van der Waals surface area contributed by atoms with Gasteiger partial charge in [0.05, 0.1) is 0 Å². The van der Waals surface area contributed by atoms with Gasteiger partial charge in [-0.1, -0.05) is 0 Å². The van der Waals surface area contributed by atoms with Gasteiger partial charge in [0.15, 0.2) is 5.65 Å². The molecule has 112 valence electrons. The van der Waals surface area contributed by atoms with Gasteiger partial charge in [0.25, 0.3) is 0 Å². The molecular weight excluding hydrogens is 274 g/mol. The maximum Gasteiger partial charge on any atom is 0.160 e. The maximum absolute atomic E-state index is 4.79. The number of hydrogen-bond acceptors (Lipinski definition) is 4. The van der Waals surface area contributed by atoms with E-state index in [1.165, 1.54) is 13.0 Å². The van der Waals surface area contributed by atoms with Gasteiger partial charge in [0.2, 0.25) is 0 Å². The van der Waals surface area contributed by atoms with Crippen LogP contribution in [0.25, 0.3) is 22.6 Å². The number of hydrogen-bond donors (Lipinski definition) is 0. The first-order chi connectivity index (χ1) is 10.8. The molecule has 5 heteroatoms. The Labute approximate surface area is 129 Å². The number of nitrogens with zero attached hydrogens (tertiary/aromatic N) is 5. The summed E-state index contributed by atoms with van der Waals surface area (Å²) in [4.78, 5) is 16.0. The van der Waals surface area contributed by atoms with E-state index in [1.54, 1.807) is 6.20 Å². The molecule has 0 amide bonds. The van der Waals surface area contributed by atoms with Crippen molar-refractivity contribution in [1.82, 2.24) is 24.4 Å². The minimum absolute atomic E-state index is 0.653. The van der Waals surface area contributed by atoms with Crippen LogP contribution in [-0.2, 0) is 6.54 Å². The van der Waals surface area contributed by atoms with E-state index in [0.29, 0.717) is 5.92 Å². The molecule has 0 saturated carbocycles. The van der Waals surface area contributed by atoms with Gasteiger partial charge < -0.3 is 9.47 Å². The zero-order valence-electron chi connectivity index (χ0n) is 12.7. The lowest BCUT2D eigenvalue weighted by molar-refractivity contribution is 0.380. The minimum Gasteiger partial charge on any atom is -0.308 e. The summed E-state index contributed by atoms with van der Waals surface area (Å²) in [6.07, 6.45) is 6.74. The lowest BCUT2D eigenvalue weighted by Gasteiger charge is -2.14. The molecule has 0 N–H and O–H groups in total. The SMILES string of the molecule is CN1CCC(Cn2c(-c3cccnc3)nc3cccnc32)C1. The average Bonchev–Trinajstić information content (AvgIpc) is 3.13. The van der Waals surface area contributed by atoms with Crippen molar-refractivity contribution in [2.24, 2.45) is 5.92 Å². The molecule has 1 unspecified atom stereocenters. The molecule has 4 rings (SSSR count). The Kier molecular flexibility index (Phi) is 3.35. The van der Waals surface area contributed by atoms with Crippen LogP contribution in [0, 0.1) is 5.92 Å². The molecule has 1 fully saturated rings. The van der Waals surface area contributed by atoms with Crippen LogP contribution in [0.15, 0.2) is 42.9 Å². The van der Waals surface area contributed by atoms with E-state index in [0.717, 1.165) is 35.6 Å². The number of imidazole rings is 1. The van der Waals surface area contributed by atoms with Crippen molar-refractivity contribution >= 4 is 11.2 Å². The van der Waals surface area contributed by atoms with Gasteiger partial charge in [-0.05, 0) is 50.2 Å². The summed E-state index contributed by atoms with van der Waals surface area (Å²) in [6.45, 7) is 3.27. The largest absolute Gasteiger partial charge is 0.308 e. The zero-order chi connectivity index (χ0) is 14.9. The molecule has 3 aromatic rings. The highest BCUT2D eigenvalue weighted by atomic mass is 15.2. The van der Waals surface area contributed by atoms with Crippen LogP contribution in [0.1, 0.15) is 6.42 Å². The van der Waals surface area contributed by atoms with Crippen LogP contribution in [0.3, 0.4) is 0 Å². The van der Waals surface area contributed by atoms with Gasteiger partial charge in [0.1, 0.15) is 11.3 Å². The second-order valence-corrected chi connectivity index (χ2v) is 6.05. The van der Waals surface area contributed by atoms with Crippen LogP contribution in [0.5, 0.6) is 0 Å². The summed E-state index contributed by atoms with van der Waals surface area (Å²) in [5.74, 6) is 1.62. The molecule has 1 aliphatic rings. The first-order valence-electron chi connectivity index (χ1n) is 7.71. The average molecular weight is 293 g/mol. The van der Waals surface area contributed by atoms with Crippen LogP contribution < -0.4 is 0 Å². The Balaban J connectivity index is 1.80. The Hall–Kier alpha value is -2.27. The number of rotatable bonds is 3. The maximum atomic E-state index is 4.79. The van der Waals surface area contributed by atoms with E-state index < -0.39 is 0 Å². The Morgan fingerprint density at radius 2 is 2.14 bits per heavy atom. The van der Waals surface area contributed by atoms with Crippen molar-refractivity contribution < 1.29 is 0 Å². The molecular formula is C17H19N5. The summed E-state index contributed by atoms with van der Waals surface area (Å²) < 4.78 is 2.26. The van der Waals surface area contributed by atoms with E-state index in [9.17, 15) is 0 Å². The molecule has 1 aliphatic heterocycles. The van der Waals surface area contributed by atoms with Crippen LogP contribution in [0.4, 0.5) is 0 Å². The summed E-state index contributed by atoms with van der Waals surface area (Å²) in [7, 11) is 2.19. The Bertz CT molecular complexity index is 780. The molecule has 0 aliphatic carbocycles. The van der Waals surface area contributed by atoms with Gasteiger partial charge in [-0.3, -0.25) is 4.98 Å². The molecule has 0 spiro atoms. The lowest BCUT2D eigenvalue weighted by atomic mass is 10.1. The third-order valence-electron chi connectivity index (χ3n) is 4.35. The fourth-order valence-electron chi connectivity index (χ4n) is 3.28. The standard InChI is InChI=1S/C17H19N5/c1-21-9-6-13(11-21)12-22-16(14-4-2-7-18-10-14)20-15-5-3-8-19-17(15)22/h2-5,7-8,10,13H,6,9,11-12H2,1H3. The molecule has 5 nitrogen and oxygen atoms in total. The van der Waals surface area contributed by atoms with Crippen LogP contribution in [0.2, 0.25) is 0 Å². The van der Waals surface area contributed by atoms with Crippen molar-refractivity contribution in [2.75, 3.05) is 20.1 Å². The third-order valence-corrected chi connectivity index (χ3v) is 4.35. The highest BCUT2D eigenvalue weighted by Gasteiger charge is 2.23. The van der Waals surface area contributed by atoms with Crippen LogP contribution >= 0.6 is 0 Å². The summed E-state index contributed by atoms with van der Waals surface area (Å²) >= 11 is 0. The predicted octanol–water partition coefficient (Wildman–Crippen LogP) is 2.45. The van der Waals surface area contributed by atoms with Crippen LogP contribution in [-0.4, -0.2) is 44.6 Å². The van der Waals surface area contributed by atoms with Crippen molar-refractivity contribution in [3.05, 3.63) is 42.9 Å². The molecule has 0 aromatic carbocycles. The van der Waals surface area contributed by atoms with E-state index in [1.807, 2.05) is 30.6 Å². The molecule has 3 aromatic heterocycles. The molecule has 4 heterocycles. The minimum atomic E-state index is 0.653. The summed E-state index contributed by atoms with van der Waals surface area (Å²) in [6, 6.07) is 7.98. The van der Waals surface area contributed by atoms with Gasteiger partial charge in [0, 0.05) is 37.2 Å². The number of likely N-dealkylation sites (tertiary alicyclic amines) is 1. The quantitative estimate of drug-likeness (QED) is 0.744. The van der Waals surface area contributed by atoms with E-state index in [-0.39, 0.29) is 0 Å². The first-order valence-corrected chi connectivity index (χ1v) is 7.71. The number of pyridine rings is 2. The van der Waals surface area contributed by atoms with Crippen molar-refractivity contribution in [1.29, 1.82) is 0 Å². The monoisotopic (exact) mass is 293 g/mol. The van der Waals surface area contributed by atoms with Gasteiger partial charge >= 0.3 is 0 Å². The highest BCUT2D eigenvalue weighted by Crippen LogP contribution is 2.26. The normalized spacial score (nSPS) is 19.0. The van der Waals surface area contributed by atoms with Crippen molar-refractivity contribution in [3.63, 3.8) is 0 Å².